The van der Waals surface area contributed by atoms with Crippen molar-refractivity contribution in [2.45, 2.75) is 169 Å². The van der Waals surface area contributed by atoms with Gasteiger partial charge in [-0.3, -0.25) is 9.59 Å². The van der Waals surface area contributed by atoms with Crippen LogP contribution in [0.25, 0.3) is 0 Å². The highest BCUT2D eigenvalue weighted by Crippen LogP contribution is 2.07. The molecule has 0 fully saturated rings. The van der Waals surface area contributed by atoms with E-state index < -0.39 is 0 Å². The topological polar surface area (TPSA) is 117 Å². The highest BCUT2D eigenvalue weighted by atomic mass is 16.6. The fourth-order valence-corrected chi connectivity index (χ4v) is 4.07. The van der Waals surface area contributed by atoms with E-state index in [1.54, 1.807) is 0 Å². The number of carbonyl (C=O) groups is 2. The van der Waals surface area contributed by atoms with Gasteiger partial charge in [-0.15, -0.1) is 0 Å². The second kappa shape index (κ2) is 29.6. The summed E-state index contributed by atoms with van der Waals surface area (Å²) in [7, 11) is 0. The molecule has 0 aromatic heterocycles. The first-order valence-electron chi connectivity index (χ1n) is 18.0. The third-order valence-corrected chi connectivity index (χ3v) is 7.09. The Hall–Kier alpha value is -1.34. The van der Waals surface area contributed by atoms with Gasteiger partial charge in [-0.05, 0) is 68.2 Å². The lowest BCUT2D eigenvalue weighted by atomic mass is 10.2. The summed E-state index contributed by atoms with van der Waals surface area (Å²) >= 11 is 0. The minimum Gasteiger partial charge on any atom is -0.463 e. The van der Waals surface area contributed by atoms with Crippen LogP contribution in [0.2, 0.25) is 0 Å². The maximum atomic E-state index is 11.8. The van der Waals surface area contributed by atoms with Crippen LogP contribution in [0.3, 0.4) is 0 Å². The number of ether oxygens (including phenoxy) is 9. The van der Waals surface area contributed by atoms with Crippen molar-refractivity contribution in [3.63, 3.8) is 0 Å². The molecule has 11 heteroatoms. The molecule has 0 saturated carbocycles. The molecule has 0 amide bonds. The predicted molar refractivity (Wildman–Crippen MR) is 183 cm³/mol. The Balaban J connectivity index is 3.92. The van der Waals surface area contributed by atoms with Gasteiger partial charge in [0.15, 0.2) is 0 Å². The Morgan fingerprint density at radius 3 is 0.979 bits per heavy atom. The fraction of sp³-hybridized carbons (Fsp3) is 0.944. The van der Waals surface area contributed by atoms with Crippen LogP contribution in [-0.2, 0) is 52.2 Å². The summed E-state index contributed by atoms with van der Waals surface area (Å²) in [5.74, 6) is -0.337. The Morgan fingerprint density at radius 2 is 0.660 bits per heavy atom. The number of hydrogen-bond donors (Lipinski definition) is 0. The molecule has 0 aromatic carbocycles. The van der Waals surface area contributed by atoms with E-state index in [4.69, 9.17) is 42.6 Å². The Morgan fingerprint density at radius 1 is 0.383 bits per heavy atom. The fourth-order valence-electron chi connectivity index (χ4n) is 4.07. The largest absolute Gasteiger partial charge is 0.463 e. The SMILES string of the molecule is CCCCCC(=O)OCC(C)OCC(C)OCC(C)OCC(C)OCC(C)OCC(C)OCC(C)OCC(C)OC(=O)CCCCC. The van der Waals surface area contributed by atoms with Crippen molar-refractivity contribution in [3.8, 4) is 0 Å². The van der Waals surface area contributed by atoms with E-state index in [2.05, 4.69) is 13.8 Å². The van der Waals surface area contributed by atoms with E-state index in [1.807, 2.05) is 55.4 Å². The molecule has 0 aromatic rings. The van der Waals surface area contributed by atoms with Gasteiger partial charge < -0.3 is 42.6 Å². The summed E-state index contributed by atoms with van der Waals surface area (Å²) in [6.07, 6.45) is 5.75. The molecule has 280 valence electrons. The number of carbonyl (C=O) groups excluding carboxylic acids is 2. The minimum absolute atomic E-state index is 0.0977. The minimum atomic E-state index is -0.286. The van der Waals surface area contributed by atoms with E-state index in [1.165, 1.54) is 0 Å². The van der Waals surface area contributed by atoms with E-state index in [-0.39, 0.29) is 67.4 Å². The molecule has 0 rings (SSSR count). The molecule has 0 spiro atoms. The maximum Gasteiger partial charge on any atom is 0.306 e. The van der Waals surface area contributed by atoms with Crippen molar-refractivity contribution in [3.05, 3.63) is 0 Å². The van der Waals surface area contributed by atoms with Crippen molar-refractivity contribution < 1.29 is 52.2 Å². The average Bonchev–Trinajstić information content (AvgIpc) is 3.04. The zero-order chi connectivity index (χ0) is 35.5. The van der Waals surface area contributed by atoms with Gasteiger partial charge in [0, 0.05) is 12.8 Å². The van der Waals surface area contributed by atoms with Gasteiger partial charge in [-0.1, -0.05) is 39.5 Å². The van der Waals surface area contributed by atoms with Crippen molar-refractivity contribution in [2.24, 2.45) is 0 Å². The molecule has 11 nitrogen and oxygen atoms in total. The van der Waals surface area contributed by atoms with Crippen LogP contribution in [-0.4, -0.2) is 114 Å². The molecule has 47 heavy (non-hydrogen) atoms. The summed E-state index contributed by atoms with van der Waals surface area (Å²) in [5.41, 5.74) is 0. The molecule has 0 aliphatic carbocycles. The molecule has 0 aliphatic rings. The molecule has 0 heterocycles. The normalized spacial score (nSPS) is 16.9. The molecular formula is C36H70O11. The number of rotatable bonds is 32. The number of hydrogen-bond acceptors (Lipinski definition) is 11. The quantitative estimate of drug-likeness (QED) is 0.0577. The first-order valence-corrected chi connectivity index (χ1v) is 18.0. The third-order valence-electron chi connectivity index (χ3n) is 7.09. The van der Waals surface area contributed by atoms with Gasteiger partial charge in [0.2, 0.25) is 0 Å². The van der Waals surface area contributed by atoms with Crippen LogP contribution < -0.4 is 0 Å². The zero-order valence-electron chi connectivity index (χ0n) is 31.4. The molecule has 0 aliphatic heterocycles. The predicted octanol–water partition coefficient (Wildman–Crippen LogP) is 6.46. The smallest absolute Gasteiger partial charge is 0.306 e. The summed E-state index contributed by atoms with van der Waals surface area (Å²) in [6, 6.07) is 0. The summed E-state index contributed by atoms with van der Waals surface area (Å²) < 4.78 is 51.6. The second-order valence-electron chi connectivity index (χ2n) is 12.9. The third kappa shape index (κ3) is 29.3. The Kier molecular flexibility index (Phi) is 28.7. The van der Waals surface area contributed by atoms with Gasteiger partial charge >= 0.3 is 11.9 Å². The summed E-state index contributed by atoms with van der Waals surface area (Å²) in [4.78, 5) is 23.6. The molecule has 0 N–H and O–H groups in total. The molecule has 8 unspecified atom stereocenters. The van der Waals surface area contributed by atoms with Gasteiger partial charge in [-0.25, -0.2) is 0 Å². The first kappa shape index (κ1) is 45.7. The van der Waals surface area contributed by atoms with Crippen LogP contribution in [0.1, 0.15) is 121 Å². The van der Waals surface area contributed by atoms with Crippen molar-refractivity contribution >= 4 is 11.9 Å². The van der Waals surface area contributed by atoms with Gasteiger partial charge in [0.05, 0.1) is 89.0 Å². The molecule has 0 radical (unpaired) electrons. The second-order valence-corrected chi connectivity index (χ2v) is 12.9. The standard InChI is InChI=1S/C36H70O11/c1-11-13-15-17-35(37)46-25-33(9)44-23-31(7)42-21-29(5)40-19-27(3)39-20-28(4)41-22-30(6)43-24-32(8)45-26-34(10)47-36(38)18-16-14-12-2/h27-34H,11-26H2,1-10H3. The van der Waals surface area contributed by atoms with E-state index in [9.17, 15) is 9.59 Å². The highest BCUT2D eigenvalue weighted by molar-refractivity contribution is 5.69. The van der Waals surface area contributed by atoms with Crippen molar-refractivity contribution in [1.29, 1.82) is 0 Å². The van der Waals surface area contributed by atoms with E-state index in [0.717, 1.165) is 38.5 Å². The lowest BCUT2D eigenvalue weighted by molar-refractivity contribution is -0.153. The average molecular weight is 679 g/mol. The molecule has 0 saturated heterocycles. The van der Waals surface area contributed by atoms with Crippen molar-refractivity contribution in [1.82, 2.24) is 0 Å². The Bertz CT molecular complexity index is 752. The molecule has 0 bridgehead atoms. The Labute approximate surface area is 286 Å². The highest BCUT2D eigenvalue weighted by Gasteiger charge is 2.16. The van der Waals surface area contributed by atoms with Crippen LogP contribution in [0, 0.1) is 0 Å². The first-order chi connectivity index (χ1) is 22.4. The maximum absolute atomic E-state index is 11.8. The van der Waals surface area contributed by atoms with Crippen LogP contribution in [0.4, 0.5) is 0 Å². The molecular weight excluding hydrogens is 608 g/mol. The van der Waals surface area contributed by atoms with Gasteiger partial charge in [0.1, 0.15) is 12.7 Å². The van der Waals surface area contributed by atoms with Crippen LogP contribution in [0.15, 0.2) is 0 Å². The van der Waals surface area contributed by atoms with E-state index >= 15 is 0 Å². The summed E-state index contributed by atoms with van der Waals surface area (Å²) in [5, 5.41) is 0. The van der Waals surface area contributed by atoms with Gasteiger partial charge in [-0.2, -0.15) is 0 Å². The van der Waals surface area contributed by atoms with Crippen molar-refractivity contribution in [2.75, 3.05) is 52.9 Å². The lowest BCUT2D eigenvalue weighted by Crippen LogP contribution is -2.30. The van der Waals surface area contributed by atoms with Gasteiger partial charge in [0.25, 0.3) is 0 Å². The van der Waals surface area contributed by atoms with Crippen LogP contribution in [0.5, 0.6) is 0 Å². The monoisotopic (exact) mass is 678 g/mol. The number of esters is 2. The zero-order valence-corrected chi connectivity index (χ0v) is 31.4. The summed E-state index contributed by atoms with van der Waals surface area (Å²) in [6.45, 7) is 22.9. The molecule has 8 atom stereocenters. The van der Waals surface area contributed by atoms with E-state index in [0.29, 0.717) is 59.1 Å². The number of unbranched alkanes of at least 4 members (excludes halogenated alkanes) is 4. The van der Waals surface area contributed by atoms with Crippen LogP contribution >= 0.6 is 0 Å². The lowest BCUT2D eigenvalue weighted by Gasteiger charge is -2.23.